The Morgan fingerprint density at radius 2 is 1.89 bits per heavy atom. The maximum Gasteiger partial charge on any atom is 0.237 e. The number of rotatable bonds is 2. The molecule has 18 heavy (non-hydrogen) atoms. The van der Waals surface area contributed by atoms with Crippen molar-refractivity contribution >= 4 is 5.91 Å². The van der Waals surface area contributed by atoms with Gasteiger partial charge in [-0.05, 0) is 24.8 Å². The smallest absolute Gasteiger partial charge is 0.237 e. The zero-order chi connectivity index (χ0) is 12.4. The van der Waals surface area contributed by atoms with Crippen LogP contribution in [0, 0.1) is 0 Å². The van der Waals surface area contributed by atoms with Crippen molar-refractivity contribution in [1.29, 1.82) is 0 Å². The van der Waals surface area contributed by atoms with E-state index in [4.69, 9.17) is 0 Å². The highest BCUT2D eigenvalue weighted by atomic mass is 16.2. The van der Waals surface area contributed by atoms with Gasteiger partial charge in [0, 0.05) is 6.54 Å². The number of nitrogens with one attached hydrogen (secondary N) is 2. The van der Waals surface area contributed by atoms with Crippen molar-refractivity contribution in [3.8, 4) is 0 Å². The Kier molecular flexibility index (Phi) is 3.08. The summed E-state index contributed by atoms with van der Waals surface area (Å²) in [5.41, 5.74) is 1.28. The van der Waals surface area contributed by atoms with E-state index in [9.17, 15) is 4.79 Å². The molecule has 2 N–H and O–H groups in total. The maximum absolute atomic E-state index is 12.2. The van der Waals surface area contributed by atoms with Crippen LogP contribution in [0.1, 0.15) is 31.2 Å². The van der Waals surface area contributed by atoms with Gasteiger partial charge in [-0.15, -0.1) is 0 Å². The van der Waals surface area contributed by atoms with Gasteiger partial charge in [0.25, 0.3) is 0 Å². The lowest BCUT2D eigenvalue weighted by molar-refractivity contribution is -0.127. The van der Waals surface area contributed by atoms with Gasteiger partial charge in [0.15, 0.2) is 0 Å². The SMILES string of the molecule is O=C1NC2(CCCC2)CN[C@@H]1Cc1ccccc1. The van der Waals surface area contributed by atoms with Crippen LogP contribution < -0.4 is 10.6 Å². The van der Waals surface area contributed by atoms with Crippen LogP contribution in [0.2, 0.25) is 0 Å². The fraction of sp³-hybridized carbons (Fsp3) is 0.533. The van der Waals surface area contributed by atoms with Crippen molar-refractivity contribution in [2.75, 3.05) is 6.54 Å². The molecule has 1 aromatic carbocycles. The molecule has 0 aromatic heterocycles. The van der Waals surface area contributed by atoms with Gasteiger partial charge in [0.2, 0.25) is 5.91 Å². The largest absolute Gasteiger partial charge is 0.348 e. The third-order valence-corrected chi connectivity index (χ3v) is 4.24. The van der Waals surface area contributed by atoms with Gasteiger partial charge >= 0.3 is 0 Å². The first-order valence-corrected chi connectivity index (χ1v) is 6.87. The third-order valence-electron chi connectivity index (χ3n) is 4.24. The molecule has 1 saturated heterocycles. The van der Waals surface area contributed by atoms with E-state index in [2.05, 4.69) is 22.8 Å². The lowest BCUT2D eigenvalue weighted by Gasteiger charge is -2.38. The molecular formula is C15H20N2O. The van der Waals surface area contributed by atoms with Crippen molar-refractivity contribution in [1.82, 2.24) is 10.6 Å². The Morgan fingerprint density at radius 1 is 1.17 bits per heavy atom. The Hall–Kier alpha value is -1.35. The number of hydrogen-bond acceptors (Lipinski definition) is 2. The van der Waals surface area contributed by atoms with Crippen molar-refractivity contribution in [3.05, 3.63) is 35.9 Å². The number of carbonyl (C=O) groups excluding carboxylic acids is 1. The van der Waals surface area contributed by atoms with Crippen LogP contribution in [-0.4, -0.2) is 24.0 Å². The predicted molar refractivity (Wildman–Crippen MR) is 71.3 cm³/mol. The lowest BCUT2D eigenvalue weighted by Crippen LogP contribution is -2.65. The first kappa shape index (κ1) is 11.7. The first-order valence-electron chi connectivity index (χ1n) is 6.87. The third kappa shape index (κ3) is 2.27. The van der Waals surface area contributed by atoms with Crippen LogP contribution in [0.3, 0.4) is 0 Å². The van der Waals surface area contributed by atoms with Gasteiger partial charge in [-0.2, -0.15) is 0 Å². The molecule has 2 aliphatic rings. The van der Waals surface area contributed by atoms with E-state index in [-0.39, 0.29) is 17.5 Å². The van der Waals surface area contributed by atoms with Crippen LogP contribution in [0.4, 0.5) is 0 Å². The van der Waals surface area contributed by atoms with Gasteiger partial charge in [-0.3, -0.25) is 4.79 Å². The number of piperazine rings is 1. The number of carbonyl (C=O) groups is 1. The monoisotopic (exact) mass is 244 g/mol. The topological polar surface area (TPSA) is 41.1 Å². The van der Waals surface area contributed by atoms with Crippen LogP contribution in [0.25, 0.3) is 0 Å². The molecule has 1 aliphatic carbocycles. The molecule has 0 unspecified atom stereocenters. The van der Waals surface area contributed by atoms with Gasteiger partial charge in [0.05, 0.1) is 11.6 Å². The van der Waals surface area contributed by atoms with Crippen molar-refractivity contribution in [3.63, 3.8) is 0 Å². The summed E-state index contributed by atoms with van der Waals surface area (Å²) in [6.45, 7) is 0.927. The molecule has 1 spiro atoms. The van der Waals surface area contributed by atoms with E-state index >= 15 is 0 Å². The summed E-state index contributed by atoms with van der Waals surface area (Å²) in [5.74, 6) is 0.173. The number of amides is 1. The summed E-state index contributed by atoms with van der Waals surface area (Å²) >= 11 is 0. The van der Waals surface area contributed by atoms with E-state index in [1.54, 1.807) is 0 Å². The van der Waals surface area contributed by atoms with Crippen LogP contribution >= 0.6 is 0 Å². The minimum Gasteiger partial charge on any atom is -0.348 e. The molecular weight excluding hydrogens is 224 g/mol. The zero-order valence-corrected chi connectivity index (χ0v) is 10.6. The average Bonchev–Trinajstić information content (AvgIpc) is 2.83. The van der Waals surface area contributed by atoms with Crippen molar-refractivity contribution in [2.24, 2.45) is 0 Å². The minimum atomic E-state index is -0.0707. The fourth-order valence-corrected chi connectivity index (χ4v) is 3.17. The number of benzene rings is 1. The highest BCUT2D eigenvalue weighted by Gasteiger charge is 2.40. The highest BCUT2D eigenvalue weighted by Crippen LogP contribution is 2.30. The second kappa shape index (κ2) is 4.73. The van der Waals surface area contributed by atoms with Gasteiger partial charge in [-0.25, -0.2) is 0 Å². The Morgan fingerprint density at radius 3 is 2.56 bits per heavy atom. The van der Waals surface area contributed by atoms with Gasteiger partial charge in [0.1, 0.15) is 0 Å². The maximum atomic E-state index is 12.2. The van der Waals surface area contributed by atoms with E-state index in [0.29, 0.717) is 0 Å². The summed E-state index contributed by atoms with van der Waals surface area (Å²) in [7, 11) is 0. The summed E-state index contributed by atoms with van der Waals surface area (Å²) in [4.78, 5) is 12.2. The standard InChI is InChI=1S/C15H20N2O/c18-14-13(10-12-6-2-1-3-7-12)16-11-15(17-14)8-4-5-9-15/h1-3,6-7,13,16H,4-5,8-11H2,(H,17,18)/t13-/m1/s1. The predicted octanol–water partition coefficient (Wildman–Crippen LogP) is 1.63. The first-order chi connectivity index (χ1) is 8.77. The van der Waals surface area contributed by atoms with E-state index in [1.807, 2.05) is 18.2 Å². The normalized spacial score (nSPS) is 26.2. The highest BCUT2D eigenvalue weighted by molar-refractivity contribution is 5.83. The number of hydrogen-bond donors (Lipinski definition) is 2. The molecule has 1 aliphatic heterocycles. The van der Waals surface area contributed by atoms with E-state index in [0.717, 1.165) is 25.8 Å². The summed E-state index contributed by atoms with van der Waals surface area (Å²) in [6, 6.07) is 10.1. The quantitative estimate of drug-likeness (QED) is 0.830. The molecule has 1 saturated carbocycles. The second-order valence-electron chi connectivity index (χ2n) is 5.60. The van der Waals surface area contributed by atoms with Gasteiger partial charge in [-0.1, -0.05) is 43.2 Å². The van der Waals surface area contributed by atoms with E-state index < -0.39 is 0 Å². The molecule has 96 valence electrons. The van der Waals surface area contributed by atoms with Crippen LogP contribution in [-0.2, 0) is 11.2 Å². The fourth-order valence-electron chi connectivity index (χ4n) is 3.17. The summed E-state index contributed by atoms with van der Waals surface area (Å²) < 4.78 is 0. The van der Waals surface area contributed by atoms with Crippen molar-refractivity contribution in [2.45, 2.75) is 43.7 Å². The summed E-state index contributed by atoms with van der Waals surface area (Å²) in [5, 5.41) is 6.70. The second-order valence-corrected chi connectivity index (χ2v) is 5.60. The molecule has 1 atom stereocenters. The zero-order valence-electron chi connectivity index (χ0n) is 10.6. The molecule has 3 nitrogen and oxygen atoms in total. The van der Waals surface area contributed by atoms with Gasteiger partial charge < -0.3 is 10.6 Å². The molecule has 1 heterocycles. The molecule has 2 fully saturated rings. The molecule has 1 aromatic rings. The molecule has 3 heteroatoms. The van der Waals surface area contributed by atoms with Crippen LogP contribution in [0.5, 0.6) is 0 Å². The van der Waals surface area contributed by atoms with E-state index in [1.165, 1.54) is 18.4 Å². The van der Waals surface area contributed by atoms with Crippen LogP contribution in [0.15, 0.2) is 30.3 Å². The lowest BCUT2D eigenvalue weighted by atomic mass is 9.92. The molecule has 0 radical (unpaired) electrons. The summed E-state index contributed by atoms with van der Waals surface area (Å²) in [6.07, 6.45) is 5.52. The Labute approximate surface area is 108 Å². The average molecular weight is 244 g/mol. The Balaban J connectivity index is 1.64. The Bertz CT molecular complexity index is 423. The molecule has 3 rings (SSSR count). The van der Waals surface area contributed by atoms with Crippen molar-refractivity contribution < 1.29 is 4.79 Å². The minimum absolute atomic E-state index is 0.0598. The molecule has 1 amide bonds. The molecule has 0 bridgehead atoms.